The zero-order valence-corrected chi connectivity index (χ0v) is 18.8. The fraction of sp³-hybridized carbons (Fsp3) is 0.478. The lowest BCUT2D eigenvalue weighted by Crippen LogP contribution is -2.45. The van der Waals surface area contributed by atoms with Gasteiger partial charge in [-0.15, -0.1) is 0 Å². The van der Waals surface area contributed by atoms with Crippen LogP contribution in [0.5, 0.6) is 5.75 Å². The molecule has 0 spiro atoms. The van der Waals surface area contributed by atoms with Gasteiger partial charge in [-0.1, -0.05) is 18.2 Å². The Hall–Kier alpha value is -2.88. The van der Waals surface area contributed by atoms with E-state index in [2.05, 4.69) is 25.8 Å². The van der Waals surface area contributed by atoms with Crippen molar-refractivity contribution in [2.75, 3.05) is 88.5 Å². The number of aromatic nitrogens is 2. The fourth-order valence-electron chi connectivity index (χ4n) is 3.95. The summed E-state index contributed by atoms with van der Waals surface area (Å²) in [6, 6.07) is 7.91. The van der Waals surface area contributed by atoms with Gasteiger partial charge in [0.25, 0.3) is 0 Å². The van der Waals surface area contributed by atoms with E-state index in [0.29, 0.717) is 17.3 Å². The van der Waals surface area contributed by atoms with Gasteiger partial charge in [0.1, 0.15) is 11.4 Å². The number of hydrogen-bond donors (Lipinski definition) is 4. The SMILES string of the molecule is COc1ccc(C=Cc2nc(NCCN3CCNCC3)c(N)c(N3CCNCC3)n2)cc1. The van der Waals surface area contributed by atoms with E-state index in [1.807, 2.05) is 36.4 Å². The van der Waals surface area contributed by atoms with Crippen LogP contribution in [0.3, 0.4) is 0 Å². The second kappa shape index (κ2) is 11.1. The van der Waals surface area contributed by atoms with Crippen LogP contribution in [-0.4, -0.2) is 87.4 Å². The van der Waals surface area contributed by atoms with Crippen LogP contribution in [0.4, 0.5) is 17.3 Å². The number of methoxy groups -OCH3 is 1. The summed E-state index contributed by atoms with van der Waals surface area (Å²) in [6.45, 7) is 9.59. The van der Waals surface area contributed by atoms with Crippen LogP contribution in [0.15, 0.2) is 24.3 Å². The average molecular weight is 439 g/mol. The largest absolute Gasteiger partial charge is 0.497 e. The number of ether oxygens (including phenoxy) is 1. The van der Waals surface area contributed by atoms with Crippen molar-refractivity contribution < 1.29 is 4.74 Å². The fourth-order valence-corrected chi connectivity index (χ4v) is 3.95. The number of benzene rings is 1. The Balaban J connectivity index is 1.52. The highest BCUT2D eigenvalue weighted by molar-refractivity contribution is 5.78. The van der Waals surface area contributed by atoms with Gasteiger partial charge in [-0.3, -0.25) is 4.90 Å². The molecule has 9 nitrogen and oxygen atoms in total. The molecule has 0 aliphatic carbocycles. The zero-order valence-electron chi connectivity index (χ0n) is 18.8. The van der Waals surface area contributed by atoms with Crippen molar-refractivity contribution in [1.29, 1.82) is 0 Å². The summed E-state index contributed by atoms with van der Waals surface area (Å²) in [5, 5.41) is 10.2. The number of hydrogen-bond acceptors (Lipinski definition) is 9. The van der Waals surface area contributed by atoms with Crippen LogP contribution < -0.4 is 31.3 Å². The molecule has 0 atom stereocenters. The highest BCUT2D eigenvalue weighted by Gasteiger charge is 2.19. The van der Waals surface area contributed by atoms with E-state index in [0.717, 1.165) is 82.6 Å². The topological polar surface area (TPSA) is 104 Å². The normalized spacial score (nSPS) is 17.6. The summed E-state index contributed by atoms with van der Waals surface area (Å²) >= 11 is 0. The van der Waals surface area contributed by atoms with Gasteiger partial charge >= 0.3 is 0 Å². The Morgan fingerprint density at radius 1 is 1.00 bits per heavy atom. The molecule has 0 bridgehead atoms. The number of rotatable bonds is 8. The minimum absolute atomic E-state index is 0.619. The summed E-state index contributed by atoms with van der Waals surface area (Å²) in [5.74, 6) is 3.00. The smallest absolute Gasteiger partial charge is 0.158 e. The maximum atomic E-state index is 6.53. The molecule has 2 fully saturated rings. The quantitative estimate of drug-likeness (QED) is 0.480. The molecule has 0 radical (unpaired) electrons. The molecular weight excluding hydrogens is 404 g/mol. The van der Waals surface area contributed by atoms with Gasteiger partial charge < -0.3 is 31.3 Å². The Morgan fingerprint density at radius 2 is 1.69 bits per heavy atom. The molecule has 2 aromatic rings. The van der Waals surface area contributed by atoms with E-state index in [1.165, 1.54) is 0 Å². The van der Waals surface area contributed by atoms with Crippen LogP contribution in [-0.2, 0) is 0 Å². The molecular formula is C23H34N8O. The summed E-state index contributed by atoms with van der Waals surface area (Å²) < 4.78 is 5.24. The van der Waals surface area contributed by atoms with Crippen LogP contribution in [0.25, 0.3) is 12.2 Å². The Kier molecular flexibility index (Phi) is 7.76. The van der Waals surface area contributed by atoms with Crippen molar-refractivity contribution in [3.05, 3.63) is 35.7 Å². The third-order valence-electron chi connectivity index (χ3n) is 5.83. The van der Waals surface area contributed by atoms with Crippen LogP contribution >= 0.6 is 0 Å². The first-order valence-electron chi connectivity index (χ1n) is 11.4. The van der Waals surface area contributed by atoms with Gasteiger partial charge in [0, 0.05) is 65.4 Å². The molecule has 5 N–H and O–H groups in total. The molecule has 3 heterocycles. The van der Waals surface area contributed by atoms with Crippen molar-refractivity contribution >= 4 is 29.5 Å². The molecule has 172 valence electrons. The molecule has 0 saturated carbocycles. The summed E-state index contributed by atoms with van der Waals surface area (Å²) in [4.78, 5) is 14.2. The van der Waals surface area contributed by atoms with E-state index in [1.54, 1.807) is 7.11 Å². The molecule has 2 saturated heterocycles. The van der Waals surface area contributed by atoms with Crippen LogP contribution in [0.2, 0.25) is 0 Å². The Morgan fingerprint density at radius 3 is 2.38 bits per heavy atom. The molecule has 0 unspecified atom stereocenters. The third kappa shape index (κ3) is 5.87. The lowest BCUT2D eigenvalue weighted by atomic mass is 10.2. The van der Waals surface area contributed by atoms with E-state index in [-0.39, 0.29) is 0 Å². The van der Waals surface area contributed by atoms with E-state index < -0.39 is 0 Å². The van der Waals surface area contributed by atoms with Crippen molar-refractivity contribution in [2.24, 2.45) is 0 Å². The molecule has 32 heavy (non-hydrogen) atoms. The molecule has 1 aromatic heterocycles. The van der Waals surface area contributed by atoms with Crippen molar-refractivity contribution in [2.45, 2.75) is 0 Å². The van der Waals surface area contributed by atoms with Gasteiger partial charge in [-0.05, 0) is 23.8 Å². The summed E-state index contributed by atoms with van der Waals surface area (Å²) in [7, 11) is 1.67. The van der Waals surface area contributed by atoms with Gasteiger partial charge in [0.05, 0.1) is 7.11 Å². The highest BCUT2D eigenvalue weighted by Crippen LogP contribution is 2.28. The third-order valence-corrected chi connectivity index (χ3v) is 5.83. The second-order valence-corrected chi connectivity index (χ2v) is 8.03. The number of anilines is 3. The van der Waals surface area contributed by atoms with E-state index in [9.17, 15) is 0 Å². The molecule has 4 rings (SSSR count). The summed E-state index contributed by atoms with van der Waals surface area (Å²) in [5.41, 5.74) is 8.21. The van der Waals surface area contributed by atoms with E-state index >= 15 is 0 Å². The lowest BCUT2D eigenvalue weighted by molar-refractivity contribution is 0.249. The van der Waals surface area contributed by atoms with Crippen molar-refractivity contribution in [3.63, 3.8) is 0 Å². The minimum Gasteiger partial charge on any atom is -0.497 e. The van der Waals surface area contributed by atoms with Gasteiger partial charge in [-0.25, -0.2) is 9.97 Å². The molecule has 1 aromatic carbocycles. The van der Waals surface area contributed by atoms with Crippen molar-refractivity contribution in [1.82, 2.24) is 25.5 Å². The average Bonchev–Trinajstić information content (AvgIpc) is 2.85. The number of nitrogen functional groups attached to an aromatic ring is 1. The first-order valence-corrected chi connectivity index (χ1v) is 11.4. The predicted molar refractivity (Wildman–Crippen MR) is 131 cm³/mol. The van der Waals surface area contributed by atoms with Crippen LogP contribution in [0, 0.1) is 0 Å². The first-order chi connectivity index (χ1) is 15.7. The molecule has 9 heteroatoms. The first kappa shape index (κ1) is 22.3. The number of nitrogens with one attached hydrogen (secondary N) is 3. The van der Waals surface area contributed by atoms with E-state index in [4.69, 9.17) is 20.4 Å². The standard InChI is InChI=1S/C23H34N8O/c1-32-19-5-2-18(3-6-19)4-7-20-28-22(27-12-15-30-13-8-25-9-14-30)21(24)23(29-20)31-16-10-26-11-17-31/h2-7,25-26H,8-17,24H2,1H3,(H,27,28,29). The molecule has 2 aliphatic heterocycles. The Labute approximate surface area is 190 Å². The van der Waals surface area contributed by atoms with Gasteiger partial charge in [0.2, 0.25) is 0 Å². The monoisotopic (exact) mass is 438 g/mol. The maximum absolute atomic E-state index is 6.53. The lowest BCUT2D eigenvalue weighted by Gasteiger charge is -2.30. The summed E-state index contributed by atoms with van der Waals surface area (Å²) in [6.07, 6.45) is 3.95. The second-order valence-electron chi connectivity index (χ2n) is 8.03. The number of nitrogens with zero attached hydrogens (tertiary/aromatic N) is 4. The van der Waals surface area contributed by atoms with Gasteiger partial charge in [0.15, 0.2) is 17.5 Å². The highest BCUT2D eigenvalue weighted by atomic mass is 16.5. The molecule has 2 aliphatic rings. The van der Waals surface area contributed by atoms with Crippen LogP contribution in [0.1, 0.15) is 11.4 Å². The maximum Gasteiger partial charge on any atom is 0.158 e. The Bertz CT molecular complexity index is 890. The minimum atomic E-state index is 0.619. The van der Waals surface area contributed by atoms with Gasteiger partial charge in [-0.2, -0.15) is 0 Å². The predicted octanol–water partition coefficient (Wildman–Crippen LogP) is 0.965. The zero-order chi connectivity index (χ0) is 22.2. The van der Waals surface area contributed by atoms with Crippen molar-refractivity contribution in [3.8, 4) is 5.75 Å². The number of nitrogens with two attached hydrogens (primary N) is 1. The molecule has 0 amide bonds. The number of piperazine rings is 2.